The molecule has 0 unspecified atom stereocenters. The van der Waals surface area contributed by atoms with Gasteiger partial charge in [-0.15, -0.1) is 0 Å². The SMILES string of the molecule is O=C(NCc1ccc(Oc2ccccc2)cc1)c1nc(-c2cc(Br)c(O)c(Br)c2)no1. The first-order chi connectivity index (χ1) is 15.0. The topological polar surface area (TPSA) is 97.5 Å². The number of nitrogens with one attached hydrogen (secondary N) is 1. The summed E-state index contributed by atoms with van der Waals surface area (Å²) in [7, 11) is 0. The van der Waals surface area contributed by atoms with Crippen LogP contribution in [-0.2, 0) is 6.54 Å². The molecular weight excluding hydrogens is 530 g/mol. The van der Waals surface area contributed by atoms with Crippen LogP contribution in [0, 0.1) is 0 Å². The van der Waals surface area contributed by atoms with E-state index in [2.05, 4.69) is 47.3 Å². The van der Waals surface area contributed by atoms with Gasteiger partial charge in [-0.05, 0) is 73.8 Å². The summed E-state index contributed by atoms with van der Waals surface area (Å²) < 4.78 is 11.8. The second-order valence-electron chi connectivity index (χ2n) is 6.45. The van der Waals surface area contributed by atoms with E-state index < -0.39 is 5.91 Å². The highest BCUT2D eigenvalue weighted by atomic mass is 79.9. The number of nitrogens with zero attached hydrogens (tertiary/aromatic N) is 2. The van der Waals surface area contributed by atoms with Gasteiger partial charge >= 0.3 is 11.8 Å². The summed E-state index contributed by atoms with van der Waals surface area (Å²) in [6.45, 7) is 0.290. The van der Waals surface area contributed by atoms with Crippen molar-refractivity contribution < 1.29 is 19.2 Å². The van der Waals surface area contributed by atoms with Gasteiger partial charge in [-0.25, -0.2) is 0 Å². The summed E-state index contributed by atoms with van der Waals surface area (Å²) in [5, 5.41) is 16.4. The molecule has 0 spiro atoms. The van der Waals surface area contributed by atoms with Crippen molar-refractivity contribution in [2.24, 2.45) is 0 Å². The lowest BCUT2D eigenvalue weighted by Crippen LogP contribution is -2.23. The number of halogens is 2. The molecule has 1 amide bonds. The molecule has 31 heavy (non-hydrogen) atoms. The summed E-state index contributed by atoms with van der Waals surface area (Å²) in [4.78, 5) is 16.5. The van der Waals surface area contributed by atoms with Crippen LogP contribution in [-0.4, -0.2) is 21.2 Å². The van der Waals surface area contributed by atoms with E-state index in [-0.39, 0.29) is 17.5 Å². The second-order valence-corrected chi connectivity index (χ2v) is 8.16. The molecule has 156 valence electrons. The Morgan fingerprint density at radius 2 is 1.65 bits per heavy atom. The molecule has 0 bridgehead atoms. The van der Waals surface area contributed by atoms with Gasteiger partial charge in [0.15, 0.2) is 0 Å². The Kier molecular flexibility index (Phi) is 6.34. The lowest BCUT2D eigenvalue weighted by atomic mass is 10.2. The summed E-state index contributed by atoms with van der Waals surface area (Å²) in [5.74, 6) is 1.11. The summed E-state index contributed by atoms with van der Waals surface area (Å²) >= 11 is 6.50. The first-order valence-corrected chi connectivity index (χ1v) is 10.7. The van der Waals surface area contributed by atoms with Crippen LogP contribution in [0.3, 0.4) is 0 Å². The summed E-state index contributed by atoms with van der Waals surface area (Å²) in [6, 6.07) is 20.1. The lowest BCUT2D eigenvalue weighted by Gasteiger charge is -2.07. The molecule has 1 heterocycles. The minimum absolute atomic E-state index is 0.0606. The molecule has 4 rings (SSSR count). The molecule has 0 saturated heterocycles. The lowest BCUT2D eigenvalue weighted by molar-refractivity contribution is 0.0907. The highest BCUT2D eigenvalue weighted by Gasteiger charge is 2.17. The molecule has 0 fully saturated rings. The maximum absolute atomic E-state index is 12.4. The standard InChI is InChI=1S/C22H15Br2N3O4/c23-17-10-14(11-18(24)19(17)28)20-26-22(31-27-20)21(29)25-12-13-6-8-16(9-7-13)30-15-4-2-1-3-5-15/h1-11,28H,12H2,(H,25,29). The van der Waals surface area contributed by atoms with Crippen LogP contribution in [0.5, 0.6) is 17.2 Å². The predicted molar refractivity (Wildman–Crippen MR) is 121 cm³/mol. The van der Waals surface area contributed by atoms with Crippen molar-refractivity contribution in [3.8, 4) is 28.6 Å². The number of rotatable bonds is 6. The zero-order chi connectivity index (χ0) is 21.8. The molecule has 0 aliphatic heterocycles. The predicted octanol–water partition coefficient (Wildman–Crippen LogP) is 5.69. The fourth-order valence-electron chi connectivity index (χ4n) is 2.69. The van der Waals surface area contributed by atoms with E-state index in [0.717, 1.165) is 11.3 Å². The van der Waals surface area contributed by atoms with Gasteiger partial charge in [0.2, 0.25) is 5.82 Å². The van der Waals surface area contributed by atoms with E-state index in [9.17, 15) is 9.90 Å². The van der Waals surface area contributed by atoms with Crippen LogP contribution in [0.4, 0.5) is 0 Å². The molecule has 1 aromatic heterocycles. The molecular formula is C22H15Br2N3O4. The maximum atomic E-state index is 12.4. The van der Waals surface area contributed by atoms with Crippen molar-refractivity contribution in [3.63, 3.8) is 0 Å². The molecule has 0 radical (unpaired) electrons. The molecule has 0 saturated carbocycles. The first kappa shape index (κ1) is 21.1. The third kappa shape index (κ3) is 5.12. The molecule has 4 aromatic rings. The number of carbonyl (C=O) groups is 1. The quantitative estimate of drug-likeness (QED) is 0.323. The number of ether oxygens (including phenoxy) is 1. The van der Waals surface area contributed by atoms with E-state index >= 15 is 0 Å². The summed E-state index contributed by atoms with van der Waals surface area (Å²) in [5.41, 5.74) is 1.47. The van der Waals surface area contributed by atoms with Crippen LogP contribution >= 0.6 is 31.9 Å². The highest BCUT2D eigenvalue weighted by molar-refractivity contribution is 9.11. The van der Waals surface area contributed by atoms with Crippen LogP contribution in [0.2, 0.25) is 0 Å². The molecule has 3 aromatic carbocycles. The molecule has 0 aliphatic carbocycles. The van der Waals surface area contributed by atoms with Crippen molar-refractivity contribution in [1.29, 1.82) is 0 Å². The summed E-state index contributed by atoms with van der Waals surface area (Å²) in [6.07, 6.45) is 0. The Morgan fingerprint density at radius 1 is 1.00 bits per heavy atom. The van der Waals surface area contributed by atoms with Gasteiger partial charge in [-0.2, -0.15) is 4.98 Å². The number of phenolic OH excluding ortho intramolecular Hbond substituents is 1. The average Bonchev–Trinajstić information content (AvgIpc) is 3.28. The van der Waals surface area contributed by atoms with E-state index in [1.54, 1.807) is 12.1 Å². The van der Waals surface area contributed by atoms with Crippen LogP contribution in [0.1, 0.15) is 16.2 Å². The number of para-hydroxylation sites is 1. The maximum Gasteiger partial charge on any atom is 0.316 e. The van der Waals surface area contributed by atoms with Crippen molar-refractivity contribution in [1.82, 2.24) is 15.5 Å². The van der Waals surface area contributed by atoms with Crippen LogP contribution < -0.4 is 10.1 Å². The van der Waals surface area contributed by atoms with Gasteiger partial charge in [0.1, 0.15) is 17.2 Å². The van der Waals surface area contributed by atoms with Crippen molar-refractivity contribution in [2.45, 2.75) is 6.54 Å². The van der Waals surface area contributed by atoms with Crippen molar-refractivity contribution >= 4 is 37.8 Å². The van der Waals surface area contributed by atoms with Gasteiger partial charge in [-0.3, -0.25) is 4.79 Å². The highest BCUT2D eigenvalue weighted by Crippen LogP contribution is 2.36. The Hall–Kier alpha value is -3.17. The van der Waals surface area contributed by atoms with Gasteiger partial charge in [-0.1, -0.05) is 35.5 Å². The largest absolute Gasteiger partial charge is 0.506 e. The number of hydrogen-bond donors (Lipinski definition) is 2. The third-order valence-electron chi connectivity index (χ3n) is 4.25. The van der Waals surface area contributed by atoms with E-state index in [1.807, 2.05) is 54.6 Å². The zero-order valence-electron chi connectivity index (χ0n) is 15.9. The number of amides is 1. The first-order valence-electron chi connectivity index (χ1n) is 9.12. The Morgan fingerprint density at radius 3 is 2.32 bits per heavy atom. The zero-order valence-corrected chi connectivity index (χ0v) is 19.1. The molecule has 0 aliphatic rings. The number of carbonyl (C=O) groups excluding carboxylic acids is 1. The van der Waals surface area contributed by atoms with Gasteiger partial charge in [0.25, 0.3) is 0 Å². The fraction of sp³-hybridized carbons (Fsp3) is 0.0455. The molecule has 2 N–H and O–H groups in total. The number of aromatic nitrogens is 2. The number of hydrogen-bond acceptors (Lipinski definition) is 6. The monoisotopic (exact) mass is 543 g/mol. The minimum atomic E-state index is -0.486. The minimum Gasteiger partial charge on any atom is -0.506 e. The van der Waals surface area contributed by atoms with Crippen molar-refractivity contribution in [2.75, 3.05) is 0 Å². The fourth-order valence-corrected chi connectivity index (χ4v) is 3.87. The second kappa shape index (κ2) is 9.32. The van der Waals surface area contributed by atoms with Crippen LogP contribution in [0.25, 0.3) is 11.4 Å². The van der Waals surface area contributed by atoms with E-state index in [0.29, 0.717) is 26.8 Å². The van der Waals surface area contributed by atoms with Crippen LogP contribution in [0.15, 0.2) is 80.2 Å². The Labute approximate surface area is 194 Å². The van der Waals surface area contributed by atoms with Crippen molar-refractivity contribution in [3.05, 3.63) is 87.1 Å². The third-order valence-corrected chi connectivity index (χ3v) is 5.46. The number of aromatic hydroxyl groups is 1. The molecule has 9 heteroatoms. The van der Waals surface area contributed by atoms with Gasteiger partial charge in [0, 0.05) is 12.1 Å². The number of phenols is 1. The normalized spacial score (nSPS) is 10.6. The number of benzene rings is 3. The van der Waals surface area contributed by atoms with E-state index in [1.165, 1.54) is 0 Å². The van der Waals surface area contributed by atoms with Gasteiger partial charge in [0.05, 0.1) is 8.95 Å². The molecule has 7 nitrogen and oxygen atoms in total. The Balaban J connectivity index is 1.37. The Bertz CT molecular complexity index is 1190. The average molecular weight is 545 g/mol. The molecule has 0 atom stereocenters. The smallest absolute Gasteiger partial charge is 0.316 e. The van der Waals surface area contributed by atoms with Gasteiger partial charge < -0.3 is 19.7 Å². The van der Waals surface area contributed by atoms with E-state index in [4.69, 9.17) is 9.26 Å².